The molecule has 0 radical (unpaired) electrons. The second-order valence-corrected chi connectivity index (χ2v) is 7.32. The van der Waals surface area contributed by atoms with E-state index in [1.54, 1.807) is 53.5 Å². The molecule has 29 heavy (non-hydrogen) atoms. The molecule has 0 aliphatic heterocycles. The number of hydrogen-bond donors (Lipinski definition) is 2. The normalized spacial score (nSPS) is 10.5. The van der Waals surface area contributed by atoms with Crippen LogP contribution >= 0.6 is 22.9 Å². The summed E-state index contributed by atoms with van der Waals surface area (Å²) >= 11 is 7.50. The SMILES string of the molecule is O=C(Nc1ccc(-n2cncn2)cc1)c1ccc(Cl)c(NC(=O)c2cccs2)c1. The lowest BCUT2D eigenvalue weighted by atomic mass is 10.1. The second-order valence-electron chi connectivity index (χ2n) is 5.97. The molecule has 2 heterocycles. The third-order valence-electron chi connectivity index (χ3n) is 4.03. The largest absolute Gasteiger partial charge is 0.322 e. The number of hydrogen-bond acceptors (Lipinski definition) is 5. The quantitative estimate of drug-likeness (QED) is 0.495. The van der Waals surface area contributed by atoms with Crippen molar-refractivity contribution in [1.29, 1.82) is 0 Å². The number of carbonyl (C=O) groups excluding carboxylic acids is 2. The summed E-state index contributed by atoms with van der Waals surface area (Å²) in [6.07, 6.45) is 3.04. The number of nitrogens with zero attached hydrogens (tertiary/aromatic N) is 3. The highest BCUT2D eigenvalue weighted by molar-refractivity contribution is 7.12. The van der Waals surface area contributed by atoms with Crippen molar-refractivity contribution in [2.24, 2.45) is 0 Å². The van der Waals surface area contributed by atoms with Crippen molar-refractivity contribution in [3.63, 3.8) is 0 Å². The van der Waals surface area contributed by atoms with Gasteiger partial charge in [-0.3, -0.25) is 9.59 Å². The smallest absolute Gasteiger partial charge is 0.265 e. The van der Waals surface area contributed by atoms with Crippen LogP contribution in [0, 0.1) is 0 Å². The zero-order valence-corrected chi connectivity index (χ0v) is 16.4. The molecule has 2 aromatic heterocycles. The minimum absolute atomic E-state index is 0.275. The maximum atomic E-state index is 12.6. The molecule has 4 aromatic rings. The van der Waals surface area contributed by atoms with E-state index in [-0.39, 0.29) is 11.8 Å². The van der Waals surface area contributed by atoms with E-state index in [2.05, 4.69) is 20.7 Å². The Morgan fingerprint density at radius 1 is 1.00 bits per heavy atom. The van der Waals surface area contributed by atoms with Gasteiger partial charge in [0.2, 0.25) is 0 Å². The Hall–Kier alpha value is -3.49. The first-order valence-corrected chi connectivity index (χ1v) is 9.77. The topological polar surface area (TPSA) is 88.9 Å². The Bertz CT molecular complexity index is 1140. The number of amides is 2. The molecule has 0 atom stereocenters. The predicted octanol–water partition coefficient (Wildman–Crippen LogP) is 4.49. The van der Waals surface area contributed by atoms with Gasteiger partial charge in [0, 0.05) is 11.3 Å². The van der Waals surface area contributed by atoms with Crippen molar-refractivity contribution in [2.45, 2.75) is 0 Å². The minimum atomic E-state index is -0.318. The molecule has 2 N–H and O–H groups in total. The average molecular weight is 424 g/mol. The zero-order valence-electron chi connectivity index (χ0n) is 14.9. The molecule has 0 spiro atoms. The van der Waals surface area contributed by atoms with Gasteiger partial charge in [-0.2, -0.15) is 5.10 Å². The summed E-state index contributed by atoms with van der Waals surface area (Å²) in [7, 11) is 0. The fourth-order valence-corrected chi connectivity index (χ4v) is 3.38. The lowest BCUT2D eigenvalue weighted by molar-refractivity contribution is 0.101. The first-order chi connectivity index (χ1) is 14.1. The van der Waals surface area contributed by atoms with E-state index < -0.39 is 0 Å². The van der Waals surface area contributed by atoms with Gasteiger partial charge in [0.25, 0.3) is 11.8 Å². The van der Waals surface area contributed by atoms with Crippen LogP contribution < -0.4 is 10.6 Å². The first kappa shape index (κ1) is 18.9. The molecule has 0 aliphatic rings. The second kappa shape index (κ2) is 8.26. The summed E-state index contributed by atoms with van der Waals surface area (Å²) in [5.41, 5.74) is 2.19. The van der Waals surface area contributed by atoms with Crippen molar-refractivity contribution in [3.8, 4) is 5.69 Å². The zero-order chi connectivity index (χ0) is 20.2. The molecular weight excluding hydrogens is 410 g/mol. The number of nitrogens with one attached hydrogen (secondary N) is 2. The van der Waals surface area contributed by atoms with Crippen LogP contribution in [0.5, 0.6) is 0 Å². The summed E-state index contributed by atoms with van der Waals surface area (Å²) in [6, 6.07) is 15.4. The first-order valence-electron chi connectivity index (χ1n) is 8.51. The number of rotatable bonds is 5. The Morgan fingerprint density at radius 2 is 1.83 bits per heavy atom. The average Bonchev–Trinajstić information content (AvgIpc) is 3.44. The van der Waals surface area contributed by atoms with Gasteiger partial charge in [-0.1, -0.05) is 17.7 Å². The van der Waals surface area contributed by atoms with Gasteiger partial charge < -0.3 is 10.6 Å². The standard InChI is InChI=1S/C20H14ClN5O2S/c21-16-8-3-13(10-17(16)25-20(28)18-2-1-9-29-18)19(27)24-14-4-6-15(7-5-14)26-12-22-11-23-26/h1-12H,(H,24,27)(H,25,28). The van der Waals surface area contributed by atoms with E-state index in [1.807, 2.05) is 17.5 Å². The van der Waals surface area contributed by atoms with Crippen LogP contribution in [-0.4, -0.2) is 26.6 Å². The number of thiophene rings is 1. The molecule has 7 nitrogen and oxygen atoms in total. The van der Waals surface area contributed by atoms with Crippen molar-refractivity contribution >= 4 is 46.1 Å². The maximum absolute atomic E-state index is 12.6. The summed E-state index contributed by atoms with van der Waals surface area (Å²) in [5, 5.41) is 11.8. The molecule has 0 aliphatic carbocycles. The molecule has 0 bridgehead atoms. The Balaban J connectivity index is 1.48. The molecule has 9 heteroatoms. The summed E-state index contributed by atoms with van der Waals surface area (Å²) in [6.45, 7) is 0. The highest BCUT2D eigenvalue weighted by Crippen LogP contribution is 2.25. The van der Waals surface area contributed by atoms with Crippen molar-refractivity contribution in [2.75, 3.05) is 10.6 Å². The summed E-state index contributed by atoms with van der Waals surface area (Å²) in [4.78, 5) is 29.3. The summed E-state index contributed by atoms with van der Waals surface area (Å²) < 4.78 is 1.62. The van der Waals surface area contributed by atoms with Gasteiger partial charge in [-0.15, -0.1) is 11.3 Å². The predicted molar refractivity (Wildman–Crippen MR) is 113 cm³/mol. The van der Waals surface area contributed by atoms with E-state index in [1.165, 1.54) is 17.7 Å². The fourth-order valence-electron chi connectivity index (χ4n) is 2.60. The van der Waals surface area contributed by atoms with E-state index in [9.17, 15) is 9.59 Å². The van der Waals surface area contributed by atoms with Gasteiger partial charge in [0.15, 0.2) is 0 Å². The number of benzene rings is 2. The Morgan fingerprint density at radius 3 is 2.52 bits per heavy atom. The van der Waals surface area contributed by atoms with E-state index >= 15 is 0 Å². The molecular formula is C20H14ClN5O2S. The molecule has 2 amide bonds. The van der Waals surface area contributed by atoms with Crippen molar-refractivity contribution in [1.82, 2.24) is 14.8 Å². The van der Waals surface area contributed by atoms with Crippen LogP contribution in [0.3, 0.4) is 0 Å². The highest BCUT2D eigenvalue weighted by Gasteiger charge is 2.13. The minimum Gasteiger partial charge on any atom is -0.322 e. The van der Waals surface area contributed by atoms with Crippen LogP contribution in [0.15, 0.2) is 72.6 Å². The number of anilines is 2. The number of carbonyl (C=O) groups is 2. The van der Waals surface area contributed by atoms with Crippen molar-refractivity contribution in [3.05, 3.63) is 88.1 Å². The number of halogens is 1. The lowest BCUT2D eigenvalue weighted by Crippen LogP contribution is -2.14. The molecule has 0 saturated heterocycles. The van der Waals surface area contributed by atoms with Gasteiger partial charge in [0.1, 0.15) is 12.7 Å². The van der Waals surface area contributed by atoms with Gasteiger partial charge in [0.05, 0.1) is 21.3 Å². The number of aromatic nitrogens is 3. The monoisotopic (exact) mass is 423 g/mol. The third-order valence-corrected chi connectivity index (χ3v) is 5.23. The molecule has 144 valence electrons. The Kier molecular flexibility index (Phi) is 5.37. The van der Waals surface area contributed by atoms with Crippen LogP contribution in [-0.2, 0) is 0 Å². The van der Waals surface area contributed by atoms with Crippen molar-refractivity contribution < 1.29 is 9.59 Å². The molecule has 0 unspecified atom stereocenters. The lowest BCUT2D eigenvalue weighted by Gasteiger charge is -2.10. The van der Waals surface area contributed by atoms with Crippen LogP contribution in [0.25, 0.3) is 5.69 Å². The van der Waals surface area contributed by atoms with Crippen LogP contribution in [0.1, 0.15) is 20.0 Å². The van der Waals surface area contributed by atoms with Gasteiger partial charge >= 0.3 is 0 Å². The Labute approximate surface area is 175 Å². The maximum Gasteiger partial charge on any atom is 0.265 e. The van der Waals surface area contributed by atoms with Crippen LogP contribution in [0.4, 0.5) is 11.4 Å². The fraction of sp³-hybridized carbons (Fsp3) is 0. The highest BCUT2D eigenvalue weighted by atomic mass is 35.5. The summed E-state index contributed by atoms with van der Waals surface area (Å²) in [5.74, 6) is -0.593. The van der Waals surface area contributed by atoms with Gasteiger partial charge in [-0.25, -0.2) is 9.67 Å². The molecule has 4 rings (SSSR count). The van der Waals surface area contributed by atoms with Gasteiger partial charge in [-0.05, 0) is 53.9 Å². The van der Waals surface area contributed by atoms with Crippen LogP contribution in [0.2, 0.25) is 5.02 Å². The third kappa shape index (κ3) is 4.34. The molecule has 0 saturated carbocycles. The molecule has 0 fully saturated rings. The van der Waals surface area contributed by atoms with E-state index in [0.29, 0.717) is 26.8 Å². The van der Waals surface area contributed by atoms with E-state index in [0.717, 1.165) is 5.69 Å². The van der Waals surface area contributed by atoms with E-state index in [4.69, 9.17) is 11.6 Å². The molecule has 2 aromatic carbocycles.